The molecule has 0 radical (unpaired) electrons. The molecule has 2 heterocycles. The van der Waals surface area contributed by atoms with E-state index in [0.29, 0.717) is 17.8 Å². The van der Waals surface area contributed by atoms with Crippen LogP contribution in [0.3, 0.4) is 0 Å². The highest BCUT2D eigenvalue weighted by Crippen LogP contribution is 2.70. The molecular formula is C30H24Br2N2O4. The lowest BCUT2D eigenvalue weighted by atomic mass is 9.54. The molecule has 5 aliphatic rings. The van der Waals surface area contributed by atoms with E-state index in [1.807, 2.05) is 48.5 Å². The predicted octanol–water partition coefficient (Wildman–Crippen LogP) is 5.01. The van der Waals surface area contributed by atoms with Crippen LogP contribution in [0, 0.1) is 11.8 Å². The average molecular weight is 636 g/mol. The van der Waals surface area contributed by atoms with E-state index in [9.17, 15) is 14.4 Å². The molecular weight excluding hydrogens is 612 g/mol. The molecule has 0 spiro atoms. The first-order valence-corrected chi connectivity index (χ1v) is 14.4. The van der Waals surface area contributed by atoms with Gasteiger partial charge in [0.25, 0.3) is 5.91 Å². The Morgan fingerprint density at radius 3 is 1.79 bits per heavy atom. The highest BCUT2D eigenvalue weighted by atomic mass is 79.9. The number of benzene rings is 3. The molecule has 2 fully saturated rings. The number of rotatable bonds is 4. The molecule has 6 nitrogen and oxygen atoms in total. The van der Waals surface area contributed by atoms with Gasteiger partial charge < -0.3 is 10.1 Å². The van der Waals surface area contributed by atoms with Crippen LogP contribution >= 0.6 is 31.9 Å². The van der Waals surface area contributed by atoms with E-state index >= 15 is 0 Å². The van der Waals surface area contributed by atoms with Gasteiger partial charge in [0.2, 0.25) is 11.8 Å². The van der Waals surface area contributed by atoms with Crippen LogP contribution in [0.4, 0.5) is 5.69 Å². The van der Waals surface area contributed by atoms with E-state index in [1.54, 1.807) is 24.3 Å². The van der Waals surface area contributed by atoms with Crippen molar-refractivity contribution in [3.63, 3.8) is 0 Å². The highest BCUT2D eigenvalue weighted by Gasteiger charge is 2.72. The Hall–Kier alpha value is -2.81. The molecule has 2 bridgehead atoms. The molecule has 3 aliphatic carbocycles. The number of hydrogen-bond acceptors (Lipinski definition) is 4. The largest absolute Gasteiger partial charge is 0.376 e. The zero-order chi connectivity index (χ0) is 26.2. The minimum Gasteiger partial charge on any atom is -0.376 e. The highest BCUT2D eigenvalue weighted by molar-refractivity contribution is 9.10. The minimum atomic E-state index is -0.829. The summed E-state index contributed by atoms with van der Waals surface area (Å²) in [5, 5.41) is 2.91. The lowest BCUT2D eigenvalue weighted by Crippen LogP contribution is -2.56. The number of amides is 3. The summed E-state index contributed by atoms with van der Waals surface area (Å²) in [7, 11) is 0. The van der Waals surface area contributed by atoms with E-state index < -0.39 is 20.5 Å². The number of nitrogens with zero attached hydrogens (tertiary/aromatic N) is 1. The summed E-state index contributed by atoms with van der Waals surface area (Å²) in [6.45, 7) is 1.20. The van der Waals surface area contributed by atoms with Crippen LogP contribution in [0.2, 0.25) is 0 Å². The first-order valence-electron chi connectivity index (χ1n) is 12.8. The Balaban J connectivity index is 1.25. The van der Waals surface area contributed by atoms with E-state index in [4.69, 9.17) is 4.74 Å². The predicted molar refractivity (Wildman–Crippen MR) is 150 cm³/mol. The topological polar surface area (TPSA) is 75.7 Å². The van der Waals surface area contributed by atoms with Crippen molar-refractivity contribution in [2.75, 3.05) is 18.1 Å². The van der Waals surface area contributed by atoms with Crippen molar-refractivity contribution >= 4 is 55.3 Å². The summed E-state index contributed by atoms with van der Waals surface area (Å²) in [5.74, 6) is -1.97. The van der Waals surface area contributed by atoms with E-state index in [0.717, 1.165) is 41.7 Å². The number of alkyl halides is 2. The van der Waals surface area contributed by atoms with E-state index in [-0.39, 0.29) is 23.8 Å². The third-order valence-electron chi connectivity index (χ3n) is 8.49. The van der Waals surface area contributed by atoms with Crippen molar-refractivity contribution in [3.05, 3.63) is 101 Å². The molecule has 2 saturated heterocycles. The monoisotopic (exact) mass is 634 g/mol. The first kappa shape index (κ1) is 24.2. The molecule has 192 valence electrons. The number of halogens is 2. The lowest BCUT2D eigenvalue weighted by molar-refractivity contribution is -0.122. The van der Waals surface area contributed by atoms with Gasteiger partial charge in [-0.1, -0.05) is 80.4 Å². The second-order valence-electron chi connectivity index (χ2n) is 10.4. The fourth-order valence-corrected chi connectivity index (χ4v) is 9.10. The van der Waals surface area contributed by atoms with Crippen LogP contribution in [0.25, 0.3) is 0 Å². The third-order valence-corrected chi connectivity index (χ3v) is 11.2. The molecule has 0 aromatic heterocycles. The number of carbonyl (C=O) groups is 3. The van der Waals surface area contributed by atoms with Crippen LogP contribution < -0.4 is 10.2 Å². The SMILES string of the molecule is O=C(NC[C@@H]1CCCO1)c1ccc(N2C(=O)[C@@H]3[C@@H](C2=O)C2(Br)c4ccccc4C3(Br)c3ccccc32)cc1. The van der Waals surface area contributed by atoms with Crippen molar-refractivity contribution in [2.45, 2.75) is 27.6 Å². The molecule has 3 aromatic carbocycles. The maximum atomic E-state index is 14.1. The van der Waals surface area contributed by atoms with Gasteiger partial charge in [-0.25, -0.2) is 4.90 Å². The number of ether oxygens (including phenoxy) is 1. The van der Waals surface area contributed by atoms with Crippen molar-refractivity contribution in [1.29, 1.82) is 0 Å². The standard InChI is InChI=1S/C30H24Br2N2O4/c31-29-20-7-1-2-8-21(20)30(32,23-10-4-3-9-22(23)29)25-24(29)27(36)34(28(25)37)18-13-11-17(12-14-18)26(35)33-16-19-6-5-15-38-19/h1-4,7-14,19,24-25H,5-6,15-16H2,(H,33,35)/t19-,24-,25-,29?,30?/m0/s1. The molecule has 8 rings (SSSR count). The van der Waals surface area contributed by atoms with Crippen molar-refractivity contribution in [1.82, 2.24) is 5.32 Å². The summed E-state index contributed by atoms with van der Waals surface area (Å²) >= 11 is 8.04. The van der Waals surface area contributed by atoms with Gasteiger partial charge in [-0.15, -0.1) is 0 Å². The first-order chi connectivity index (χ1) is 18.4. The minimum absolute atomic E-state index is 0.0539. The van der Waals surface area contributed by atoms with Crippen molar-refractivity contribution in [2.24, 2.45) is 11.8 Å². The van der Waals surface area contributed by atoms with Gasteiger partial charge in [0.15, 0.2) is 0 Å². The van der Waals surface area contributed by atoms with Gasteiger partial charge in [-0.2, -0.15) is 0 Å². The molecule has 3 aromatic rings. The van der Waals surface area contributed by atoms with Crippen LogP contribution in [0.1, 0.15) is 45.5 Å². The molecule has 3 atom stereocenters. The zero-order valence-electron chi connectivity index (χ0n) is 20.3. The number of hydrogen-bond donors (Lipinski definition) is 1. The third kappa shape index (κ3) is 3.11. The van der Waals surface area contributed by atoms with Gasteiger partial charge in [0, 0.05) is 18.7 Å². The second kappa shape index (κ2) is 8.60. The summed E-state index contributed by atoms with van der Waals surface area (Å²) in [6, 6.07) is 22.7. The van der Waals surface area contributed by atoms with Gasteiger partial charge in [0.05, 0.1) is 32.3 Å². The Bertz CT molecular complexity index is 1380. The lowest BCUT2D eigenvalue weighted by Gasteiger charge is -2.55. The number of carbonyl (C=O) groups excluding carboxylic acids is 3. The quantitative estimate of drug-likeness (QED) is 0.323. The normalized spacial score (nSPS) is 30.7. The maximum absolute atomic E-state index is 14.1. The van der Waals surface area contributed by atoms with Crippen LogP contribution in [0.5, 0.6) is 0 Å². The maximum Gasteiger partial charge on any atom is 0.251 e. The fraction of sp³-hybridized carbons (Fsp3) is 0.300. The zero-order valence-corrected chi connectivity index (χ0v) is 23.5. The summed E-state index contributed by atoms with van der Waals surface area (Å²) in [6.07, 6.45) is 2.01. The summed E-state index contributed by atoms with van der Waals surface area (Å²) in [5.41, 5.74) is 4.93. The van der Waals surface area contributed by atoms with E-state index in [1.165, 1.54) is 4.90 Å². The van der Waals surface area contributed by atoms with Crippen molar-refractivity contribution < 1.29 is 19.1 Å². The molecule has 0 unspecified atom stereocenters. The Morgan fingerprint density at radius 1 is 0.842 bits per heavy atom. The van der Waals surface area contributed by atoms with Crippen LogP contribution in [-0.2, 0) is 23.0 Å². The average Bonchev–Trinajstić information content (AvgIpc) is 3.56. The number of imide groups is 1. The van der Waals surface area contributed by atoms with Gasteiger partial charge in [0.1, 0.15) is 0 Å². The molecule has 1 N–H and O–H groups in total. The van der Waals surface area contributed by atoms with Crippen molar-refractivity contribution in [3.8, 4) is 0 Å². The molecule has 38 heavy (non-hydrogen) atoms. The molecule has 3 amide bonds. The fourth-order valence-electron chi connectivity index (χ4n) is 6.80. The number of nitrogens with one attached hydrogen (secondary N) is 1. The molecule has 8 heteroatoms. The van der Waals surface area contributed by atoms with Gasteiger partial charge in [-0.05, 0) is 59.4 Å². The van der Waals surface area contributed by atoms with Crippen LogP contribution in [0.15, 0.2) is 72.8 Å². The Labute approximate surface area is 237 Å². The van der Waals surface area contributed by atoms with Gasteiger partial charge in [-0.3, -0.25) is 14.4 Å². The number of anilines is 1. The van der Waals surface area contributed by atoms with Gasteiger partial charge >= 0.3 is 0 Å². The second-order valence-corrected chi connectivity index (χ2v) is 12.9. The smallest absolute Gasteiger partial charge is 0.251 e. The summed E-state index contributed by atoms with van der Waals surface area (Å²) in [4.78, 5) is 42.2. The van der Waals surface area contributed by atoms with E-state index in [2.05, 4.69) is 37.2 Å². The molecule has 0 saturated carbocycles. The summed E-state index contributed by atoms with van der Waals surface area (Å²) < 4.78 is 3.92. The Kier molecular flexibility index (Phi) is 5.49. The van der Waals surface area contributed by atoms with Crippen LogP contribution in [-0.4, -0.2) is 37.0 Å². The molecule has 2 aliphatic heterocycles. The Morgan fingerprint density at radius 2 is 1.34 bits per heavy atom.